The van der Waals surface area contributed by atoms with E-state index in [0.29, 0.717) is 16.9 Å². The summed E-state index contributed by atoms with van der Waals surface area (Å²) in [5.74, 6) is -1.37. The molecule has 1 heterocycles. The first-order chi connectivity index (χ1) is 13.4. The second-order valence-corrected chi connectivity index (χ2v) is 6.45. The van der Waals surface area contributed by atoms with Crippen LogP contribution in [0.5, 0.6) is 0 Å². The summed E-state index contributed by atoms with van der Waals surface area (Å²) < 4.78 is 0. The van der Waals surface area contributed by atoms with Crippen LogP contribution in [0, 0.1) is 13.8 Å². The van der Waals surface area contributed by atoms with Gasteiger partial charge >= 0.3 is 0 Å². The maximum Gasteiger partial charge on any atom is 0.277 e. The van der Waals surface area contributed by atoms with E-state index in [1.165, 1.54) is 0 Å². The number of nitrogens with one attached hydrogen (secondary N) is 2. The molecule has 3 rings (SSSR count). The summed E-state index contributed by atoms with van der Waals surface area (Å²) in [6.45, 7) is 3.51. The zero-order valence-corrected chi connectivity index (χ0v) is 15.7. The van der Waals surface area contributed by atoms with Crippen LogP contribution in [0.1, 0.15) is 21.5 Å². The predicted octanol–water partition coefficient (Wildman–Crippen LogP) is 2.21. The second-order valence-electron chi connectivity index (χ2n) is 6.45. The summed E-state index contributed by atoms with van der Waals surface area (Å²) in [5, 5.41) is 14.8. The van der Waals surface area contributed by atoms with Crippen molar-refractivity contribution in [1.29, 1.82) is 0 Å². The molecule has 3 N–H and O–H groups in total. The van der Waals surface area contributed by atoms with Gasteiger partial charge in [0.05, 0.1) is 24.4 Å². The molecule has 144 valence electrons. The smallest absolute Gasteiger partial charge is 0.277 e. The Kier molecular flexibility index (Phi) is 5.56. The van der Waals surface area contributed by atoms with Gasteiger partial charge in [-0.25, -0.2) is 0 Å². The molecule has 0 fully saturated rings. The van der Waals surface area contributed by atoms with E-state index in [4.69, 9.17) is 5.11 Å². The van der Waals surface area contributed by atoms with Crippen molar-refractivity contribution >= 4 is 29.1 Å². The number of amides is 3. The first-order valence-corrected chi connectivity index (χ1v) is 8.84. The average Bonchev–Trinajstić information content (AvgIpc) is 2.93. The van der Waals surface area contributed by atoms with Crippen molar-refractivity contribution in [3.05, 3.63) is 70.9 Å². The van der Waals surface area contributed by atoms with Crippen LogP contribution in [0.2, 0.25) is 0 Å². The standard InChI is InChI=1S/C21H21N3O4/c1-13-6-5-9-16(14(13)2)23-20(27)15-7-3-4-8-17(15)22-18-12-19(26)24(10-11-25)21(18)28/h3-9,12,22,25H,10-11H2,1-2H3,(H,23,27). The van der Waals surface area contributed by atoms with Crippen molar-refractivity contribution in [3.8, 4) is 0 Å². The van der Waals surface area contributed by atoms with Crippen molar-refractivity contribution in [3.63, 3.8) is 0 Å². The maximum atomic E-state index is 12.8. The van der Waals surface area contributed by atoms with Crippen molar-refractivity contribution < 1.29 is 19.5 Å². The molecule has 0 aliphatic carbocycles. The summed E-state index contributed by atoms with van der Waals surface area (Å²) >= 11 is 0. The molecule has 2 aromatic carbocycles. The van der Waals surface area contributed by atoms with Crippen molar-refractivity contribution in [2.75, 3.05) is 23.8 Å². The Hall–Kier alpha value is -3.45. The minimum absolute atomic E-state index is 0.0606. The number of anilines is 2. The number of carbonyl (C=O) groups is 3. The fourth-order valence-electron chi connectivity index (χ4n) is 2.92. The van der Waals surface area contributed by atoms with Gasteiger partial charge in [0.2, 0.25) is 0 Å². The van der Waals surface area contributed by atoms with Gasteiger partial charge in [0.1, 0.15) is 5.70 Å². The van der Waals surface area contributed by atoms with Gasteiger partial charge in [-0.2, -0.15) is 0 Å². The van der Waals surface area contributed by atoms with Crippen molar-refractivity contribution in [2.24, 2.45) is 0 Å². The van der Waals surface area contributed by atoms with Crippen molar-refractivity contribution in [2.45, 2.75) is 13.8 Å². The molecule has 3 amide bonds. The zero-order chi connectivity index (χ0) is 20.3. The number of nitrogens with zero attached hydrogens (tertiary/aromatic N) is 1. The third-order valence-corrected chi connectivity index (χ3v) is 4.63. The Morgan fingerprint density at radius 3 is 2.50 bits per heavy atom. The fraction of sp³-hybridized carbons (Fsp3) is 0.190. The van der Waals surface area contributed by atoms with Crippen LogP contribution in [-0.4, -0.2) is 40.9 Å². The van der Waals surface area contributed by atoms with Crippen LogP contribution >= 0.6 is 0 Å². The second kappa shape index (κ2) is 8.06. The number of para-hydroxylation sites is 1. The third kappa shape index (κ3) is 3.79. The number of benzene rings is 2. The summed E-state index contributed by atoms with van der Waals surface area (Å²) in [6.07, 6.45) is 1.16. The first-order valence-electron chi connectivity index (χ1n) is 8.84. The van der Waals surface area contributed by atoms with Crippen LogP contribution in [0.4, 0.5) is 11.4 Å². The number of hydrogen-bond donors (Lipinski definition) is 3. The van der Waals surface area contributed by atoms with Crippen molar-refractivity contribution in [1.82, 2.24) is 4.90 Å². The number of β-amino-alcohol motifs (C(OH)–C–C–N with tert-alkyl or cyclic N) is 1. The lowest BCUT2D eigenvalue weighted by molar-refractivity contribution is -0.137. The number of rotatable bonds is 6. The number of carbonyl (C=O) groups excluding carboxylic acids is 3. The predicted molar refractivity (Wildman–Crippen MR) is 106 cm³/mol. The highest BCUT2D eigenvalue weighted by molar-refractivity contribution is 6.18. The molecular weight excluding hydrogens is 358 g/mol. The van der Waals surface area contributed by atoms with Crippen LogP contribution in [0.15, 0.2) is 54.2 Å². The lowest BCUT2D eigenvalue weighted by atomic mass is 10.1. The van der Waals surface area contributed by atoms with E-state index in [1.807, 2.05) is 32.0 Å². The lowest BCUT2D eigenvalue weighted by Crippen LogP contribution is -2.34. The number of imide groups is 1. The van der Waals surface area contributed by atoms with E-state index < -0.39 is 11.8 Å². The zero-order valence-electron chi connectivity index (χ0n) is 15.7. The van der Waals surface area contributed by atoms with Gasteiger partial charge in [0, 0.05) is 11.8 Å². The Balaban J connectivity index is 1.83. The van der Waals surface area contributed by atoms with E-state index in [1.54, 1.807) is 24.3 Å². The number of hydrogen-bond acceptors (Lipinski definition) is 5. The molecule has 1 aliphatic rings. The largest absolute Gasteiger partial charge is 0.395 e. The van der Waals surface area contributed by atoms with Gasteiger partial charge in [0.15, 0.2) is 0 Å². The number of aliphatic hydroxyl groups is 1. The van der Waals surface area contributed by atoms with Crippen LogP contribution in [0.25, 0.3) is 0 Å². The Labute approximate surface area is 162 Å². The fourth-order valence-corrected chi connectivity index (χ4v) is 2.92. The molecule has 0 unspecified atom stereocenters. The summed E-state index contributed by atoms with van der Waals surface area (Å²) in [7, 11) is 0. The van der Waals surface area contributed by atoms with E-state index >= 15 is 0 Å². The monoisotopic (exact) mass is 379 g/mol. The van der Waals surface area contributed by atoms with Crippen LogP contribution < -0.4 is 10.6 Å². The van der Waals surface area contributed by atoms with Gasteiger partial charge < -0.3 is 15.7 Å². The SMILES string of the molecule is Cc1cccc(NC(=O)c2ccccc2NC2=CC(=O)N(CCO)C2=O)c1C. The minimum Gasteiger partial charge on any atom is -0.395 e. The molecule has 2 aromatic rings. The van der Waals surface area contributed by atoms with E-state index in [-0.39, 0.29) is 24.8 Å². The maximum absolute atomic E-state index is 12.8. The van der Waals surface area contributed by atoms with Gasteiger partial charge in [-0.05, 0) is 43.2 Å². The molecule has 0 aromatic heterocycles. The third-order valence-electron chi connectivity index (χ3n) is 4.63. The molecule has 0 spiro atoms. The normalized spacial score (nSPS) is 13.5. The Morgan fingerprint density at radius 2 is 1.75 bits per heavy atom. The summed E-state index contributed by atoms with van der Waals surface area (Å²) in [4.78, 5) is 38.0. The molecule has 0 radical (unpaired) electrons. The van der Waals surface area contributed by atoms with Gasteiger partial charge in [-0.3, -0.25) is 19.3 Å². The molecule has 1 aliphatic heterocycles. The molecule has 0 saturated carbocycles. The molecule has 7 nitrogen and oxygen atoms in total. The molecule has 7 heteroatoms. The molecule has 0 bridgehead atoms. The topological polar surface area (TPSA) is 98.7 Å². The average molecular weight is 379 g/mol. The molecule has 28 heavy (non-hydrogen) atoms. The Bertz CT molecular complexity index is 981. The van der Waals surface area contributed by atoms with E-state index in [9.17, 15) is 14.4 Å². The van der Waals surface area contributed by atoms with Crippen LogP contribution in [-0.2, 0) is 9.59 Å². The highest BCUT2D eigenvalue weighted by Crippen LogP contribution is 2.23. The minimum atomic E-state index is -0.538. The molecular formula is C21H21N3O4. The number of aliphatic hydroxyl groups excluding tert-OH is 1. The van der Waals surface area contributed by atoms with Gasteiger partial charge in [-0.1, -0.05) is 24.3 Å². The van der Waals surface area contributed by atoms with Gasteiger partial charge in [0.25, 0.3) is 17.7 Å². The van der Waals surface area contributed by atoms with E-state index in [0.717, 1.165) is 22.1 Å². The lowest BCUT2D eigenvalue weighted by Gasteiger charge is -2.16. The number of aryl methyl sites for hydroxylation is 1. The quantitative estimate of drug-likeness (QED) is 0.669. The Morgan fingerprint density at radius 1 is 1.04 bits per heavy atom. The van der Waals surface area contributed by atoms with E-state index in [2.05, 4.69) is 10.6 Å². The summed E-state index contributed by atoms with van der Waals surface area (Å²) in [5.41, 5.74) is 3.55. The first kappa shape index (κ1) is 19.3. The highest BCUT2D eigenvalue weighted by atomic mass is 16.3. The summed E-state index contributed by atoms with van der Waals surface area (Å²) in [6, 6.07) is 12.4. The molecule has 0 atom stereocenters. The highest BCUT2D eigenvalue weighted by Gasteiger charge is 2.31. The van der Waals surface area contributed by atoms with Gasteiger partial charge in [-0.15, -0.1) is 0 Å². The van der Waals surface area contributed by atoms with Crippen LogP contribution in [0.3, 0.4) is 0 Å². The molecule has 0 saturated heterocycles.